The summed E-state index contributed by atoms with van der Waals surface area (Å²) < 4.78 is 68.4. The van der Waals surface area contributed by atoms with Gasteiger partial charge in [0.05, 0.1) is 26.4 Å². The molecule has 0 saturated heterocycles. The molecule has 17 nitrogen and oxygen atoms in total. The molecule has 19 heteroatoms. The molecule has 0 aliphatic carbocycles. The van der Waals surface area contributed by atoms with E-state index in [0.717, 1.165) is 180 Å². The van der Waals surface area contributed by atoms with Crippen LogP contribution in [-0.2, 0) is 65.4 Å². The molecule has 5 unspecified atom stereocenters. The van der Waals surface area contributed by atoms with Crippen molar-refractivity contribution in [1.29, 1.82) is 0 Å². The van der Waals surface area contributed by atoms with Crippen LogP contribution in [0.25, 0.3) is 0 Å². The smallest absolute Gasteiger partial charge is 0.462 e. The van der Waals surface area contributed by atoms with Gasteiger partial charge in [-0.2, -0.15) is 0 Å². The molecule has 0 aliphatic heterocycles. The van der Waals surface area contributed by atoms with Gasteiger partial charge >= 0.3 is 39.5 Å². The highest BCUT2D eigenvalue weighted by atomic mass is 31.2. The van der Waals surface area contributed by atoms with E-state index in [1.54, 1.807) is 0 Å². The van der Waals surface area contributed by atoms with Crippen molar-refractivity contribution in [3.8, 4) is 0 Å². The molecule has 0 bridgehead atoms. The summed E-state index contributed by atoms with van der Waals surface area (Å²) in [5.74, 6) is -2.29. The highest BCUT2D eigenvalue weighted by Crippen LogP contribution is 2.45. The molecule has 0 heterocycles. The van der Waals surface area contributed by atoms with E-state index in [9.17, 15) is 43.2 Å². The van der Waals surface area contributed by atoms with Crippen LogP contribution in [0.15, 0.2) is 134 Å². The molecular weight excluding hydrogens is 1310 g/mol. The number of carbonyl (C=O) groups is 4. The minimum atomic E-state index is -4.99. The van der Waals surface area contributed by atoms with Crippen LogP contribution in [-0.4, -0.2) is 96.7 Å². The Morgan fingerprint density at radius 1 is 0.290 bits per heavy atom. The maximum atomic E-state index is 13.1. The molecule has 0 aromatic heterocycles. The molecule has 5 atom stereocenters. The number of phosphoric acid groups is 2. The molecule has 0 aliphatic rings. The normalized spacial score (nSPS) is 14.7. The van der Waals surface area contributed by atoms with Crippen LogP contribution in [0.5, 0.6) is 0 Å². The van der Waals surface area contributed by atoms with Crippen molar-refractivity contribution in [2.75, 3.05) is 39.6 Å². The monoisotopic (exact) mass is 1440 g/mol. The Labute approximate surface area is 605 Å². The number of allylic oxidation sites excluding steroid dienone is 22. The Morgan fingerprint density at radius 3 is 0.920 bits per heavy atom. The lowest BCUT2D eigenvalue weighted by molar-refractivity contribution is -0.161. The maximum Gasteiger partial charge on any atom is 0.472 e. The number of esters is 4. The first-order valence-electron chi connectivity index (χ1n) is 38.4. The van der Waals surface area contributed by atoms with E-state index in [4.69, 9.17) is 37.0 Å². The first kappa shape index (κ1) is 95.2. The average molecular weight is 1440 g/mol. The second-order valence-electron chi connectivity index (χ2n) is 25.2. The lowest BCUT2D eigenvalue weighted by Gasteiger charge is -2.21. The van der Waals surface area contributed by atoms with Gasteiger partial charge in [-0.25, -0.2) is 9.13 Å². The van der Waals surface area contributed by atoms with Crippen LogP contribution in [0.1, 0.15) is 297 Å². The average Bonchev–Trinajstić information content (AvgIpc) is 0.939. The molecule has 0 fully saturated rings. The van der Waals surface area contributed by atoms with Gasteiger partial charge in [0, 0.05) is 25.7 Å². The van der Waals surface area contributed by atoms with Crippen molar-refractivity contribution in [3.63, 3.8) is 0 Å². The minimum absolute atomic E-state index is 0.0630. The van der Waals surface area contributed by atoms with Crippen LogP contribution in [0.2, 0.25) is 0 Å². The lowest BCUT2D eigenvalue weighted by atomic mass is 10.1. The predicted octanol–water partition coefficient (Wildman–Crippen LogP) is 22.1. The van der Waals surface area contributed by atoms with Gasteiger partial charge in [-0.3, -0.25) is 37.3 Å². The maximum absolute atomic E-state index is 13.1. The van der Waals surface area contributed by atoms with Gasteiger partial charge in [0.1, 0.15) is 19.3 Å². The highest BCUT2D eigenvalue weighted by molar-refractivity contribution is 7.47. The summed E-state index contributed by atoms with van der Waals surface area (Å²) in [5.41, 5.74) is 0. The number of ether oxygens (including phenoxy) is 4. The summed E-state index contributed by atoms with van der Waals surface area (Å²) in [7, 11) is -9.98. The molecule has 0 saturated carbocycles. The number of unbranched alkanes of at least 4 members (excludes halogenated alkanes) is 23. The Hall–Kier alpha value is -4.80. The van der Waals surface area contributed by atoms with E-state index >= 15 is 0 Å². The van der Waals surface area contributed by atoms with Crippen molar-refractivity contribution < 1.29 is 80.2 Å². The van der Waals surface area contributed by atoms with Crippen molar-refractivity contribution in [2.24, 2.45) is 0 Å². The molecular formula is C81H136O17P2. The van der Waals surface area contributed by atoms with Gasteiger partial charge in [0.2, 0.25) is 0 Å². The number of rotatable bonds is 71. The van der Waals surface area contributed by atoms with Crippen molar-refractivity contribution in [2.45, 2.75) is 316 Å². The fourth-order valence-electron chi connectivity index (χ4n) is 9.69. The molecule has 100 heavy (non-hydrogen) atoms. The third kappa shape index (κ3) is 71.6. The SMILES string of the molecule is CC/C=C\C/C=C\C/C=C\C/C=C\C/C=C\CCCC(=O)OCC(COP(=O)(O)OCC(O)COP(=O)(O)OCC(COC(=O)CCCCCCCC/C=C\C/C=C\C/C=C\CCCCC)OC(=O)CCCCCCC/C=C\CCCC)OC(=O)CCCCCCC/C=C\C/C=C\CCC. The molecule has 0 aromatic carbocycles. The van der Waals surface area contributed by atoms with Gasteiger partial charge in [0.15, 0.2) is 12.2 Å². The van der Waals surface area contributed by atoms with Crippen LogP contribution in [0.3, 0.4) is 0 Å². The zero-order valence-electron chi connectivity index (χ0n) is 62.3. The van der Waals surface area contributed by atoms with E-state index in [-0.39, 0.29) is 25.7 Å². The van der Waals surface area contributed by atoms with Gasteiger partial charge in [-0.1, -0.05) is 258 Å². The summed E-state index contributed by atoms with van der Waals surface area (Å²) in [5, 5.41) is 10.6. The van der Waals surface area contributed by atoms with Gasteiger partial charge < -0.3 is 33.8 Å². The van der Waals surface area contributed by atoms with Gasteiger partial charge in [-0.15, -0.1) is 0 Å². The summed E-state index contributed by atoms with van der Waals surface area (Å²) >= 11 is 0. The summed E-state index contributed by atoms with van der Waals surface area (Å²) in [6, 6.07) is 0. The Bertz CT molecular complexity index is 2420. The van der Waals surface area contributed by atoms with E-state index in [1.165, 1.54) is 32.1 Å². The Morgan fingerprint density at radius 2 is 0.560 bits per heavy atom. The van der Waals surface area contributed by atoms with Crippen LogP contribution >= 0.6 is 15.6 Å². The van der Waals surface area contributed by atoms with Crippen LogP contribution in [0, 0.1) is 0 Å². The van der Waals surface area contributed by atoms with Crippen LogP contribution in [0.4, 0.5) is 0 Å². The number of aliphatic hydroxyl groups excluding tert-OH is 1. The topological polar surface area (TPSA) is 237 Å². The second-order valence-corrected chi connectivity index (χ2v) is 28.1. The number of phosphoric ester groups is 2. The van der Waals surface area contributed by atoms with Gasteiger partial charge in [0.25, 0.3) is 0 Å². The zero-order chi connectivity index (χ0) is 73.2. The highest BCUT2D eigenvalue weighted by Gasteiger charge is 2.30. The van der Waals surface area contributed by atoms with Crippen molar-refractivity contribution >= 4 is 39.5 Å². The first-order valence-corrected chi connectivity index (χ1v) is 41.4. The van der Waals surface area contributed by atoms with Crippen LogP contribution < -0.4 is 0 Å². The quantitative estimate of drug-likeness (QED) is 0.0169. The zero-order valence-corrected chi connectivity index (χ0v) is 64.1. The van der Waals surface area contributed by atoms with E-state index in [1.807, 2.05) is 12.2 Å². The van der Waals surface area contributed by atoms with E-state index in [2.05, 4.69) is 149 Å². The molecule has 0 amide bonds. The molecule has 3 N–H and O–H groups in total. The summed E-state index contributed by atoms with van der Waals surface area (Å²) in [6.45, 7) is 4.51. The summed E-state index contributed by atoms with van der Waals surface area (Å²) in [4.78, 5) is 72.8. The van der Waals surface area contributed by atoms with Crippen molar-refractivity contribution in [1.82, 2.24) is 0 Å². The van der Waals surface area contributed by atoms with E-state index in [0.29, 0.717) is 32.1 Å². The molecule has 572 valence electrons. The fourth-order valence-corrected chi connectivity index (χ4v) is 11.3. The second kappa shape index (κ2) is 72.5. The summed E-state index contributed by atoms with van der Waals surface area (Å²) in [6.07, 6.45) is 80.3. The largest absolute Gasteiger partial charge is 0.472 e. The van der Waals surface area contributed by atoms with E-state index < -0.39 is 97.5 Å². The third-order valence-corrected chi connectivity index (χ3v) is 17.5. The Kier molecular flexibility index (Phi) is 69.1. The molecule has 0 radical (unpaired) electrons. The van der Waals surface area contributed by atoms with Gasteiger partial charge in [-0.05, 0) is 148 Å². The first-order chi connectivity index (χ1) is 48.7. The standard InChI is InChI=1S/C81H136O17P2/c1-5-9-13-17-21-25-29-32-34-36-37-39-41-44-47-50-54-58-62-66-78(83)91-71-76(97-80(85)67-63-59-55-51-45-28-24-20-16-12-8-4)73-95-99(87,88)93-69-75(82)70-94-100(89,90)96-74-77(98-81(86)68-64-60-56-52-48-42-31-27-23-19-15-11-7-3)72-92-79(84)65-61-57-53-49-46-43-40-38-35-33-30-26-22-18-14-10-6-2/h10,14-15,19-22,24-27,31-35,37,39-40,43,49,53,75-77,82H,5-9,11-13,16-18,23,28-30,36,38,41-42,44-48,50-52,54-74H2,1-4H3,(H,87,88)(H,89,90)/b14-10-,19-15-,24-20-,25-21-,26-22-,31-27-,34-32-,35-33-,39-37-,43-40-,53-49-. The number of aliphatic hydroxyl groups is 1. The lowest BCUT2D eigenvalue weighted by Crippen LogP contribution is -2.30. The minimum Gasteiger partial charge on any atom is -0.462 e. The fraction of sp³-hybridized carbons (Fsp3) is 0.679. The number of hydrogen-bond donors (Lipinski definition) is 3. The van der Waals surface area contributed by atoms with Crippen molar-refractivity contribution in [3.05, 3.63) is 134 Å². The predicted molar refractivity (Wildman–Crippen MR) is 408 cm³/mol. The molecule has 0 aromatic rings. The Balaban J connectivity index is 5.37. The third-order valence-electron chi connectivity index (χ3n) is 15.5. The number of hydrogen-bond acceptors (Lipinski definition) is 15. The molecule has 0 rings (SSSR count). The number of carbonyl (C=O) groups excluding carboxylic acids is 4. The molecule has 0 spiro atoms.